The number of rotatable bonds is 11. The number of carbonyl (C=O) groups excluding carboxylic acids is 2. The topological polar surface area (TPSA) is 86.8 Å². The highest BCUT2D eigenvalue weighted by Crippen LogP contribution is 2.26. The van der Waals surface area contributed by atoms with Crippen molar-refractivity contribution >= 4 is 55.1 Å². The zero-order valence-electron chi connectivity index (χ0n) is 22.4. The summed E-state index contributed by atoms with van der Waals surface area (Å²) < 4.78 is 29.5. The van der Waals surface area contributed by atoms with E-state index < -0.39 is 28.5 Å². The largest absolute Gasteiger partial charge is 0.354 e. The van der Waals surface area contributed by atoms with E-state index >= 15 is 0 Å². The second-order valence-corrected chi connectivity index (χ2v) is 13.0. The van der Waals surface area contributed by atoms with Crippen LogP contribution in [0.5, 0.6) is 0 Å². The SMILES string of the molecule is Cc1ccc(S(=O)(=O)N(CC(=O)N(Cc2ccc(Cl)cc2)C(C)C(=O)NCC(C)C)c2ccc(Br)cc2)cc1. The van der Waals surface area contributed by atoms with Crippen molar-refractivity contribution in [2.45, 2.75) is 45.2 Å². The fraction of sp³-hybridized carbons (Fsp3) is 0.310. The molecule has 0 fully saturated rings. The van der Waals surface area contributed by atoms with Crippen molar-refractivity contribution in [2.75, 3.05) is 17.4 Å². The molecule has 0 saturated carbocycles. The van der Waals surface area contributed by atoms with E-state index in [1.54, 1.807) is 67.6 Å². The van der Waals surface area contributed by atoms with E-state index in [1.165, 1.54) is 17.0 Å². The zero-order chi connectivity index (χ0) is 28.7. The first-order valence-electron chi connectivity index (χ1n) is 12.5. The Bertz CT molecular complexity index is 1380. The fourth-order valence-corrected chi connectivity index (χ4v) is 5.60. The summed E-state index contributed by atoms with van der Waals surface area (Å²) in [6, 6.07) is 19.3. The van der Waals surface area contributed by atoms with Gasteiger partial charge in [-0.15, -0.1) is 0 Å². The third-order valence-corrected chi connectivity index (χ3v) is 8.69. The first-order chi connectivity index (χ1) is 18.4. The average molecular weight is 635 g/mol. The molecule has 0 bridgehead atoms. The molecule has 0 aliphatic carbocycles. The van der Waals surface area contributed by atoms with Crippen molar-refractivity contribution in [3.05, 3.63) is 93.4 Å². The standard InChI is InChI=1S/C29H33BrClN3O4S/c1-20(2)17-32-29(36)22(4)33(18-23-7-11-25(31)12-8-23)28(35)19-34(26-13-9-24(30)10-14-26)39(37,38)27-15-5-21(3)6-16-27/h5-16,20,22H,17-19H2,1-4H3,(H,32,36). The summed E-state index contributed by atoms with van der Waals surface area (Å²) in [4.78, 5) is 28.4. The van der Waals surface area contributed by atoms with Crippen LogP contribution in [0.3, 0.4) is 0 Å². The van der Waals surface area contributed by atoms with E-state index in [-0.39, 0.29) is 23.3 Å². The van der Waals surface area contributed by atoms with Crippen LogP contribution in [-0.2, 0) is 26.2 Å². The van der Waals surface area contributed by atoms with Gasteiger partial charge in [0.15, 0.2) is 0 Å². The lowest BCUT2D eigenvalue weighted by molar-refractivity contribution is -0.139. The van der Waals surface area contributed by atoms with Crippen molar-refractivity contribution in [1.82, 2.24) is 10.2 Å². The summed E-state index contributed by atoms with van der Waals surface area (Å²) in [5.74, 6) is -0.604. The van der Waals surface area contributed by atoms with Crippen LogP contribution in [0.4, 0.5) is 5.69 Å². The molecule has 0 aliphatic heterocycles. The van der Waals surface area contributed by atoms with Gasteiger partial charge in [-0.3, -0.25) is 13.9 Å². The molecule has 3 rings (SSSR count). The minimum atomic E-state index is -4.11. The maximum atomic E-state index is 13.9. The number of sulfonamides is 1. The van der Waals surface area contributed by atoms with Crippen LogP contribution < -0.4 is 9.62 Å². The minimum absolute atomic E-state index is 0.0656. The summed E-state index contributed by atoms with van der Waals surface area (Å²) >= 11 is 9.42. The first-order valence-corrected chi connectivity index (χ1v) is 15.2. The van der Waals surface area contributed by atoms with Crippen LogP contribution in [0.1, 0.15) is 31.9 Å². The highest BCUT2D eigenvalue weighted by Gasteiger charge is 2.32. The maximum Gasteiger partial charge on any atom is 0.264 e. The summed E-state index contributed by atoms with van der Waals surface area (Å²) in [5, 5.41) is 3.42. The molecule has 0 saturated heterocycles. The molecule has 0 aromatic heterocycles. The van der Waals surface area contributed by atoms with Gasteiger partial charge in [-0.25, -0.2) is 8.42 Å². The van der Waals surface area contributed by atoms with Crippen LogP contribution in [0, 0.1) is 12.8 Å². The quantitative estimate of drug-likeness (QED) is 0.289. The predicted octanol–water partition coefficient (Wildman–Crippen LogP) is 5.80. The average Bonchev–Trinajstić information content (AvgIpc) is 2.90. The van der Waals surface area contributed by atoms with Crippen molar-refractivity contribution in [3.8, 4) is 0 Å². The van der Waals surface area contributed by atoms with Crippen LogP contribution >= 0.6 is 27.5 Å². The smallest absolute Gasteiger partial charge is 0.264 e. The number of halogens is 2. The van der Waals surface area contributed by atoms with Gasteiger partial charge >= 0.3 is 0 Å². The Labute approximate surface area is 244 Å². The van der Waals surface area contributed by atoms with E-state index in [4.69, 9.17) is 11.6 Å². The molecule has 7 nitrogen and oxygen atoms in total. The number of amides is 2. The van der Waals surface area contributed by atoms with Gasteiger partial charge in [-0.05, 0) is 73.9 Å². The summed E-state index contributed by atoms with van der Waals surface area (Å²) in [7, 11) is -4.11. The van der Waals surface area contributed by atoms with Gasteiger partial charge in [-0.2, -0.15) is 0 Å². The van der Waals surface area contributed by atoms with E-state index in [2.05, 4.69) is 21.2 Å². The molecular formula is C29H33BrClN3O4S. The molecule has 1 atom stereocenters. The molecule has 3 aromatic carbocycles. The molecule has 1 N–H and O–H groups in total. The number of nitrogens with zero attached hydrogens (tertiary/aromatic N) is 2. The second-order valence-electron chi connectivity index (χ2n) is 9.76. The van der Waals surface area contributed by atoms with Crippen molar-refractivity contribution in [1.29, 1.82) is 0 Å². The predicted molar refractivity (Wildman–Crippen MR) is 159 cm³/mol. The van der Waals surface area contributed by atoms with Crippen molar-refractivity contribution < 1.29 is 18.0 Å². The zero-order valence-corrected chi connectivity index (χ0v) is 25.6. The molecule has 0 heterocycles. The summed E-state index contributed by atoms with van der Waals surface area (Å²) in [6.07, 6.45) is 0. The molecule has 39 heavy (non-hydrogen) atoms. The van der Waals surface area contributed by atoms with Crippen molar-refractivity contribution in [2.24, 2.45) is 5.92 Å². The third kappa shape index (κ3) is 8.30. The molecule has 10 heteroatoms. The Kier molecular flexibility index (Phi) is 10.6. The number of carbonyl (C=O) groups is 2. The van der Waals surface area contributed by atoms with Gasteiger partial charge in [0.1, 0.15) is 12.6 Å². The summed E-state index contributed by atoms with van der Waals surface area (Å²) in [6.45, 7) is 7.53. The van der Waals surface area contributed by atoms with Crippen molar-refractivity contribution in [3.63, 3.8) is 0 Å². The highest BCUT2D eigenvalue weighted by atomic mass is 79.9. The van der Waals surface area contributed by atoms with Crippen LogP contribution in [-0.4, -0.2) is 44.3 Å². The Balaban J connectivity index is 2.00. The van der Waals surface area contributed by atoms with Gasteiger partial charge in [0.25, 0.3) is 10.0 Å². The molecule has 3 aromatic rings. The number of nitrogens with one attached hydrogen (secondary N) is 1. The number of anilines is 1. The van der Waals surface area contributed by atoms with Crippen LogP contribution in [0.25, 0.3) is 0 Å². The molecule has 208 valence electrons. The molecule has 0 spiro atoms. The molecule has 1 unspecified atom stereocenters. The van der Waals surface area contributed by atoms with E-state index in [0.717, 1.165) is 19.9 Å². The number of hydrogen-bond acceptors (Lipinski definition) is 4. The number of hydrogen-bond donors (Lipinski definition) is 1. The normalized spacial score (nSPS) is 12.2. The Morgan fingerprint density at radius 2 is 1.51 bits per heavy atom. The summed E-state index contributed by atoms with van der Waals surface area (Å²) in [5.41, 5.74) is 2.00. The van der Waals surface area contributed by atoms with Crippen LogP contribution in [0.2, 0.25) is 5.02 Å². The molecule has 2 amide bonds. The molecular weight excluding hydrogens is 602 g/mol. The lowest BCUT2D eigenvalue weighted by atomic mass is 10.1. The molecule has 0 aliphatic rings. The lowest BCUT2D eigenvalue weighted by Gasteiger charge is -2.32. The number of benzene rings is 3. The highest BCUT2D eigenvalue weighted by molar-refractivity contribution is 9.10. The van der Waals surface area contributed by atoms with E-state index in [1.807, 2.05) is 20.8 Å². The third-order valence-electron chi connectivity index (χ3n) is 6.12. The van der Waals surface area contributed by atoms with E-state index in [9.17, 15) is 18.0 Å². The van der Waals surface area contributed by atoms with Gasteiger partial charge in [0.2, 0.25) is 11.8 Å². The lowest BCUT2D eigenvalue weighted by Crippen LogP contribution is -2.51. The maximum absolute atomic E-state index is 13.9. The van der Waals surface area contributed by atoms with Crippen LogP contribution in [0.15, 0.2) is 82.2 Å². The van der Waals surface area contributed by atoms with Gasteiger partial charge in [0, 0.05) is 22.6 Å². The van der Waals surface area contributed by atoms with Gasteiger partial charge in [-0.1, -0.05) is 71.2 Å². The molecule has 0 radical (unpaired) electrons. The monoisotopic (exact) mass is 633 g/mol. The number of aryl methyl sites for hydroxylation is 1. The van der Waals surface area contributed by atoms with Gasteiger partial charge < -0.3 is 10.2 Å². The first kappa shape index (κ1) is 30.7. The minimum Gasteiger partial charge on any atom is -0.354 e. The van der Waals surface area contributed by atoms with Gasteiger partial charge in [0.05, 0.1) is 10.6 Å². The Hall–Kier alpha value is -2.88. The Morgan fingerprint density at radius 1 is 0.923 bits per heavy atom. The second kappa shape index (κ2) is 13.5. The Morgan fingerprint density at radius 3 is 2.08 bits per heavy atom. The van der Waals surface area contributed by atoms with E-state index in [0.29, 0.717) is 17.3 Å². The fourth-order valence-electron chi connectivity index (χ4n) is 3.80.